The van der Waals surface area contributed by atoms with Crippen molar-refractivity contribution < 1.29 is 22.6 Å². The van der Waals surface area contributed by atoms with Crippen LogP contribution in [-0.4, -0.2) is 49.1 Å². The zero-order valence-electron chi connectivity index (χ0n) is 12.8. The molecule has 1 aromatic carbocycles. The van der Waals surface area contributed by atoms with Gasteiger partial charge in [-0.25, -0.2) is 22.2 Å². The van der Waals surface area contributed by atoms with Crippen molar-refractivity contribution in [3.63, 3.8) is 0 Å². The summed E-state index contributed by atoms with van der Waals surface area (Å²) in [5.74, 6) is -0.621. The molecule has 4 N–H and O–H groups in total. The Bertz CT molecular complexity index is 872. The number of benzene rings is 1. The molecule has 0 amide bonds. The Hall–Kier alpha value is -2.44. The number of amidine groups is 1. The molecule has 0 atom stereocenters. The number of aromatic nitrogens is 2. The Kier molecular flexibility index (Phi) is 6.12. The lowest BCUT2D eigenvalue weighted by Crippen LogP contribution is -2.28. The summed E-state index contributed by atoms with van der Waals surface area (Å²) in [5, 5.41) is 24.8. The van der Waals surface area contributed by atoms with Gasteiger partial charge in [-0.1, -0.05) is 16.8 Å². The summed E-state index contributed by atoms with van der Waals surface area (Å²) >= 11 is 5.69. The Morgan fingerprint density at radius 3 is 2.80 bits per heavy atom. The molecule has 0 aliphatic heterocycles. The van der Waals surface area contributed by atoms with Crippen molar-refractivity contribution in [3.05, 3.63) is 34.7 Å². The van der Waals surface area contributed by atoms with E-state index in [2.05, 4.69) is 35.5 Å². The molecule has 0 spiro atoms. The molecule has 0 bridgehead atoms. The molecule has 0 saturated heterocycles. The largest absolute Gasteiger partial charge is 0.409 e. The van der Waals surface area contributed by atoms with Crippen molar-refractivity contribution in [2.24, 2.45) is 5.16 Å². The van der Waals surface area contributed by atoms with Gasteiger partial charge < -0.3 is 15.8 Å². The average molecular weight is 393 g/mol. The SMILES string of the molecule is CS(=O)(=O)NCCNc1nonc1/C(=N\O)Nc1ccc(F)c(Cl)c1. The molecule has 25 heavy (non-hydrogen) atoms. The number of rotatable bonds is 7. The lowest BCUT2D eigenvalue weighted by molar-refractivity contribution is 0.305. The first-order valence-electron chi connectivity index (χ1n) is 6.75. The van der Waals surface area contributed by atoms with Crippen LogP contribution in [0.4, 0.5) is 15.9 Å². The fourth-order valence-electron chi connectivity index (χ4n) is 1.72. The molecule has 1 aromatic heterocycles. The van der Waals surface area contributed by atoms with Crippen LogP contribution in [0.15, 0.2) is 28.0 Å². The minimum absolute atomic E-state index is 0.0299. The van der Waals surface area contributed by atoms with Gasteiger partial charge in [0.1, 0.15) is 5.82 Å². The highest BCUT2D eigenvalue weighted by Gasteiger charge is 2.18. The first-order valence-corrected chi connectivity index (χ1v) is 9.02. The third kappa shape index (κ3) is 5.55. The van der Waals surface area contributed by atoms with Gasteiger partial charge in [-0.2, -0.15) is 0 Å². The third-order valence-electron chi connectivity index (χ3n) is 2.78. The van der Waals surface area contributed by atoms with Crippen LogP contribution >= 0.6 is 11.6 Å². The van der Waals surface area contributed by atoms with Crippen molar-refractivity contribution in [1.82, 2.24) is 15.0 Å². The van der Waals surface area contributed by atoms with Gasteiger partial charge in [-0.3, -0.25) is 0 Å². The Morgan fingerprint density at radius 2 is 2.16 bits per heavy atom. The molecule has 0 saturated carbocycles. The third-order valence-corrected chi connectivity index (χ3v) is 3.80. The molecule has 2 aromatic rings. The van der Waals surface area contributed by atoms with E-state index in [0.717, 1.165) is 12.3 Å². The topological polar surface area (TPSA) is 142 Å². The lowest BCUT2D eigenvalue weighted by atomic mass is 10.3. The minimum atomic E-state index is -3.31. The van der Waals surface area contributed by atoms with Crippen LogP contribution in [0, 0.1) is 5.82 Å². The summed E-state index contributed by atoms with van der Waals surface area (Å²) in [4.78, 5) is 0. The van der Waals surface area contributed by atoms with Crippen molar-refractivity contribution in [1.29, 1.82) is 0 Å². The number of hydrogen-bond donors (Lipinski definition) is 4. The number of halogens is 2. The molecular formula is C12H14ClFN6O4S. The minimum Gasteiger partial charge on any atom is -0.409 e. The molecule has 10 nitrogen and oxygen atoms in total. The fraction of sp³-hybridized carbons (Fsp3) is 0.250. The van der Waals surface area contributed by atoms with Crippen molar-refractivity contribution >= 4 is 39.0 Å². The van der Waals surface area contributed by atoms with E-state index in [0.29, 0.717) is 5.69 Å². The number of anilines is 2. The van der Waals surface area contributed by atoms with E-state index in [1.165, 1.54) is 12.1 Å². The Morgan fingerprint density at radius 1 is 1.40 bits per heavy atom. The quantitative estimate of drug-likeness (QED) is 0.180. The van der Waals surface area contributed by atoms with Gasteiger partial charge in [0.05, 0.1) is 11.3 Å². The van der Waals surface area contributed by atoms with E-state index < -0.39 is 15.8 Å². The van der Waals surface area contributed by atoms with Crippen LogP contribution < -0.4 is 15.4 Å². The lowest BCUT2D eigenvalue weighted by Gasteiger charge is -2.08. The number of oxime groups is 1. The summed E-state index contributed by atoms with van der Waals surface area (Å²) in [7, 11) is -3.31. The maximum Gasteiger partial charge on any atom is 0.208 e. The number of hydrogen-bond acceptors (Lipinski definition) is 8. The molecule has 2 rings (SSSR count). The molecule has 1 heterocycles. The average Bonchev–Trinajstić information content (AvgIpc) is 3.00. The van der Waals surface area contributed by atoms with Crippen molar-refractivity contribution in [2.45, 2.75) is 0 Å². The summed E-state index contributed by atoms with van der Waals surface area (Å²) in [6.45, 7) is 0.271. The van der Waals surface area contributed by atoms with E-state index in [-0.39, 0.29) is 35.5 Å². The highest BCUT2D eigenvalue weighted by atomic mass is 35.5. The van der Waals surface area contributed by atoms with Crippen molar-refractivity contribution in [2.75, 3.05) is 30.0 Å². The molecule has 0 unspecified atom stereocenters. The van der Waals surface area contributed by atoms with Crippen LogP contribution in [0.1, 0.15) is 5.69 Å². The molecule has 0 fully saturated rings. The van der Waals surface area contributed by atoms with E-state index in [9.17, 15) is 18.0 Å². The monoisotopic (exact) mass is 392 g/mol. The van der Waals surface area contributed by atoms with E-state index in [1.807, 2.05) is 0 Å². The van der Waals surface area contributed by atoms with Gasteiger partial charge in [-0.05, 0) is 28.5 Å². The molecule has 13 heteroatoms. The van der Waals surface area contributed by atoms with Gasteiger partial charge in [0.2, 0.25) is 21.7 Å². The van der Waals surface area contributed by atoms with Crippen molar-refractivity contribution in [3.8, 4) is 0 Å². The molecule has 136 valence electrons. The highest BCUT2D eigenvalue weighted by Crippen LogP contribution is 2.20. The second-order valence-corrected chi connectivity index (χ2v) is 7.00. The predicted molar refractivity (Wildman–Crippen MR) is 89.0 cm³/mol. The van der Waals surface area contributed by atoms with Gasteiger partial charge in [0.25, 0.3) is 0 Å². The highest BCUT2D eigenvalue weighted by molar-refractivity contribution is 7.88. The van der Waals surface area contributed by atoms with E-state index in [4.69, 9.17) is 11.6 Å². The van der Waals surface area contributed by atoms with Crippen LogP contribution in [-0.2, 0) is 10.0 Å². The standard InChI is InChI=1S/C12H14ClFN6O4S/c1-25(22,23)16-5-4-15-11-10(19-24-20-11)12(18-21)17-7-2-3-9(14)8(13)6-7/h2-3,6,16,21H,4-5H2,1H3,(H,15,20)(H,17,18). The Balaban J connectivity index is 2.06. The number of nitrogens with zero attached hydrogens (tertiary/aromatic N) is 3. The van der Waals surface area contributed by atoms with Gasteiger partial charge >= 0.3 is 0 Å². The van der Waals surface area contributed by atoms with E-state index >= 15 is 0 Å². The number of sulfonamides is 1. The summed E-state index contributed by atoms with van der Waals surface area (Å²) in [5.41, 5.74) is 0.370. The summed E-state index contributed by atoms with van der Waals surface area (Å²) < 4.78 is 42.0. The van der Waals surface area contributed by atoms with Crippen LogP contribution in [0.25, 0.3) is 0 Å². The van der Waals surface area contributed by atoms with Crippen LogP contribution in [0.2, 0.25) is 5.02 Å². The zero-order valence-corrected chi connectivity index (χ0v) is 14.4. The van der Waals surface area contributed by atoms with Crippen LogP contribution in [0.5, 0.6) is 0 Å². The molecule has 0 radical (unpaired) electrons. The first-order chi connectivity index (χ1) is 11.8. The van der Waals surface area contributed by atoms with E-state index in [1.54, 1.807) is 0 Å². The summed E-state index contributed by atoms with van der Waals surface area (Å²) in [6.07, 6.45) is 1.03. The summed E-state index contributed by atoms with van der Waals surface area (Å²) in [6, 6.07) is 3.80. The molecular weight excluding hydrogens is 379 g/mol. The molecule has 0 aliphatic carbocycles. The maximum atomic E-state index is 13.2. The normalized spacial score (nSPS) is 12.2. The smallest absolute Gasteiger partial charge is 0.208 e. The second kappa shape index (κ2) is 8.09. The molecule has 0 aliphatic rings. The zero-order chi connectivity index (χ0) is 18.4. The fourth-order valence-corrected chi connectivity index (χ4v) is 2.37. The predicted octanol–water partition coefficient (Wildman–Crippen LogP) is 1.07. The Labute approximate surface area is 147 Å². The van der Waals surface area contributed by atoms with Gasteiger partial charge in [-0.15, -0.1) is 0 Å². The number of nitrogens with one attached hydrogen (secondary N) is 3. The van der Waals surface area contributed by atoms with Crippen LogP contribution in [0.3, 0.4) is 0 Å². The maximum absolute atomic E-state index is 13.2. The second-order valence-electron chi connectivity index (χ2n) is 4.76. The first kappa shape index (κ1) is 18.9. The van der Waals surface area contributed by atoms with Gasteiger partial charge in [0, 0.05) is 18.8 Å². The van der Waals surface area contributed by atoms with Gasteiger partial charge in [0.15, 0.2) is 5.69 Å².